The molecule has 3 rings (SSSR count). The number of aryl methyl sites for hydroxylation is 1. The largest absolute Gasteiger partial charge is 0.351 e. The monoisotopic (exact) mass is 324 g/mol. The lowest BCUT2D eigenvalue weighted by atomic mass is 10.1. The third kappa shape index (κ3) is 4.10. The Morgan fingerprint density at radius 3 is 2.58 bits per heavy atom. The van der Waals surface area contributed by atoms with Crippen LogP contribution in [0.1, 0.15) is 60.4 Å². The van der Waals surface area contributed by atoms with Crippen LogP contribution in [0.2, 0.25) is 0 Å². The summed E-state index contributed by atoms with van der Waals surface area (Å²) in [6.07, 6.45) is 4.77. The minimum atomic E-state index is -0.175. The second-order valence-corrected chi connectivity index (χ2v) is 6.45. The first-order chi connectivity index (χ1) is 11.6. The summed E-state index contributed by atoms with van der Waals surface area (Å²) < 4.78 is 0. The van der Waals surface area contributed by atoms with Crippen LogP contribution in [-0.2, 0) is 0 Å². The maximum Gasteiger partial charge on any atom is 0.270 e. The molecule has 0 bridgehead atoms. The van der Waals surface area contributed by atoms with Gasteiger partial charge in [-0.25, -0.2) is 9.97 Å². The fourth-order valence-electron chi connectivity index (χ4n) is 3.10. The second-order valence-electron chi connectivity index (χ2n) is 6.45. The molecule has 1 aromatic carbocycles. The van der Waals surface area contributed by atoms with Crippen LogP contribution in [0.25, 0.3) is 0 Å². The highest BCUT2D eigenvalue weighted by Gasteiger charge is 2.18. The molecule has 2 aromatic rings. The van der Waals surface area contributed by atoms with Crippen molar-refractivity contribution >= 4 is 11.9 Å². The van der Waals surface area contributed by atoms with E-state index in [0.29, 0.717) is 17.7 Å². The summed E-state index contributed by atoms with van der Waals surface area (Å²) >= 11 is 0. The maximum absolute atomic E-state index is 12.5. The van der Waals surface area contributed by atoms with Crippen molar-refractivity contribution in [3.63, 3.8) is 0 Å². The van der Waals surface area contributed by atoms with E-state index in [1.54, 1.807) is 6.07 Å². The van der Waals surface area contributed by atoms with Gasteiger partial charge in [-0.1, -0.05) is 43.2 Å². The number of nitrogens with zero attached hydrogens (tertiary/aromatic N) is 2. The van der Waals surface area contributed by atoms with E-state index in [1.807, 2.05) is 44.2 Å². The Balaban J connectivity index is 1.70. The lowest BCUT2D eigenvalue weighted by Crippen LogP contribution is -2.28. The molecule has 1 saturated carbocycles. The van der Waals surface area contributed by atoms with E-state index >= 15 is 0 Å². The Kier molecular flexibility index (Phi) is 5.08. The molecule has 1 unspecified atom stereocenters. The molecular weight excluding hydrogens is 300 g/mol. The van der Waals surface area contributed by atoms with Gasteiger partial charge in [0.05, 0.1) is 6.04 Å². The van der Waals surface area contributed by atoms with Gasteiger partial charge in [0.15, 0.2) is 0 Å². The SMILES string of the molecule is Cc1cc(C(=O)NC(C)c2ccccc2)nc(NC2CCCC2)n1. The molecule has 1 aliphatic carbocycles. The van der Waals surface area contributed by atoms with Crippen molar-refractivity contribution in [2.75, 3.05) is 5.32 Å². The molecule has 0 radical (unpaired) electrons. The summed E-state index contributed by atoms with van der Waals surface area (Å²) in [7, 11) is 0. The quantitative estimate of drug-likeness (QED) is 0.881. The van der Waals surface area contributed by atoms with E-state index in [-0.39, 0.29) is 11.9 Å². The van der Waals surface area contributed by atoms with E-state index in [1.165, 1.54) is 12.8 Å². The minimum absolute atomic E-state index is 0.0692. The van der Waals surface area contributed by atoms with Crippen molar-refractivity contribution in [3.05, 3.63) is 53.3 Å². The zero-order valence-electron chi connectivity index (χ0n) is 14.2. The molecule has 0 aliphatic heterocycles. The molecule has 5 heteroatoms. The minimum Gasteiger partial charge on any atom is -0.351 e. The fraction of sp³-hybridized carbons (Fsp3) is 0.421. The number of hydrogen-bond acceptors (Lipinski definition) is 4. The van der Waals surface area contributed by atoms with Gasteiger partial charge in [0, 0.05) is 11.7 Å². The standard InChI is InChI=1S/C19H24N4O/c1-13-12-17(23-19(20-13)22-16-10-6-7-11-16)18(24)21-14(2)15-8-4-3-5-9-15/h3-5,8-9,12,14,16H,6-7,10-11H2,1-2H3,(H,21,24)(H,20,22,23). The predicted molar refractivity (Wildman–Crippen MR) is 95.0 cm³/mol. The van der Waals surface area contributed by atoms with Crippen molar-refractivity contribution in [2.24, 2.45) is 0 Å². The van der Waals surface area contributed by atoms with Crippen LogP contribution in [0.4, 0.5) is 5.95 Å². The average Bonchev–Trinajstić information content (AvgIpc) is 3.08. The summed E-state index contributed by atoms with van der Waals surface area (Å²) in [4.78, 5) is 21.4. The highest BCUT2D eigenvalue weighted by atomic mass is 16.1. The molecule has 1 aromatic heterocycles. The van der Waals surface area contributed by atoms with Crippen molar-refractivity contribution < 1.29 is 4.79 Å². The number of aromatic nitrogens is 2. The van der Waals surface area contributed by atoms with Gasteiger partial charge >= 0.3 is 0 Å². The Morgan fingerprint density at radius 2 is 1.88 bits per heavy atom. The molecule has 1 aliphatic rings. The molecule has 1 heterocycles. The molecule has 1 fully saturated rings. The van der Waals surface area contributed by atoms with Gasteiger partial charge in [-0.3, -0.25) is 4.79 Å². The summed E-state index contributed by atoms with van der Waals surface area (Å²) in [5, 5.41) is 6.36. The van der Waals surface area contributed by atoms with Gasteiger partial charge in [0.2, 0.25) is 5.95 Å². The van der Waals surface area contributed by atoms with Gasteiger partial charge in [-0.15, -0.1) is 0 Å². The smallest absolute Gasteiger partial charge is 0.270 e. The van der Waals surface area contributed by atoms with Gasteiger partial charge in [-0.2, -0.15) is 0 Å². The van der Waals surface area contributed by atoms with E-state index in [2.05, 4.69) is 20.6 Å². The first kappa shape index (κ1) is 16.4. The van der Waals surface area contributed by atoms with Crippen molar-refractivity contribution in [3.8, 4) is 0 Å². The van der Waals surface area contributed by atoms with Crippen molar-refractivity contribution in [1.29, 1.82) is 0 Å². The number of rotatable bonds is 5. The summed E-state index contributed by atoms with van der Waals surface area (Å²) in [5.41, 5.74) is 2.27. The number of anilines is 1. The topological polar surface area (TPSA) is 66.9 Å². The molecule has 1 amide bonds. The highest BCUT2D eigenvalue weighted by Crippen LogP contribution is 2.21. The first-order valence-corrected chi connectivity index (χ1v) is 8.60. The van der Waals surface area contributed by atoms with Crippen LogP contribution in [-0.4, -0.2) is 21.9 Å². The zero-order chi connectivity index (χ0) is 16.9. The van der Waals surface area contributed by atoms with Gasteiger partial charge < -0.3 is 10.6 Å². The number of benzene rings is 1. The Labute approximate surface area is 142 Å². The van der Waals surface area contributed by atoms with Crippen LogP contribution < -0.4 is 10.6 Å². The first-order valence-electron chi connectivity index (χ1n) is 8.60. The number of carbonyl (C=O) groups excluding carboxylic acids is 1. The third-order valence-corrected chi connectivity index (χ3v) is 4.42. The van der Waals surface area contributed by atoms with Gasteiger partial charge in [-0.05, 0) is 38.3 Å². The van der Waals surface area contributed by atoms with Crippen LogP contribution >= 0.6 is 0 Å². The van der Waals surface area contributed by atoms with Crippen molar-refractivity contribution in [2.45, 2.75) is 51.6 Å². The number of hydrogen-bond donors (Lipinski definition) is 2. The summed E-state index contributed by atoms with van der Waals surface area (Å²) in [6.45, 7) is 3.86. The van der Waals surface area contributed by atoms with E-state index in [9.17, 15) is 4.79 Å². The zero-order valence-corrected chi connectivity index (χ0v) is 14.2. The molecule has 0 saturated heterocycles. The van der Waals surface area contributed by atoms with Crippen molar-refractivity contribution in [1.82, 2.24) is 15.3 Å². The highest BCUT2D eigenvalue weighted by molar-refractivity contribution is 5.92. The van der Waals surface area contributed by atoms with Gasteiger partial charge in [0.25, 0.3) is 5.91 Å². The average molecular weight is 324 g/mol. The van der Waals surface area contributed by atoms with Crippen LogP contribution in [0.15, 0.2) is 36.4 Å². The Hall–Kier alpha value is -2.43. The predicted octanol–water partition coefficient (Wildman–Crippen LogP) is 3.63. The number of nitrogens with one attached hydrogen (secondary N) is 2. The van der Waals surface area contributed by atoms with E-state index < -0.39 is 0 Å². The van der Waals surface area contributed by atoms with Crippen LogP contribution in [0.3, 0.4) is 0 Å². The number of carbonyl (C=O) groups is 1. The fourth-order valence-corrected chi connectivity index (χ4v) is 3.10. The van der Waals surface area contributed by atoms with Gasteiger partial charge in [0.1, 0.15) is 5.69 Å². The Morgan fingerprint density at radius 1 is 1.17 bits per heavy atom. The molecule has 126 valence electrons. The molecular formula is C19H24N4O. The van der Waals surface area contributed by atoms with Crippen LogP contribution in [0.5, 0.6) is 0 Å². The maximum atomic E-state index is 12.5. The summed E-state index contributed by atoms with van der Waals surface area (Å²) in [6, 6.07) is 12.0. The summed E-state index contributed by atoms with van der Waals surface area (Å²) in [5.74, 6) is 0.380. The van der Waals surface area contributed by atoms with Crippen LogP contribution in [0, 0.1) is 6.92 Å². The molecule has 0 spiro atoms. The molecule has 5 nitrogen and oxygen atoms in total. The molecule has 24 heavy (non-hydrogen) atoms. The second kappa shape index (κ2) is 7.43. The van der Waals surface area contributed by atoms with E-state index in [0.717, 1.165) is 24.1 Å². The lowest BCUT2D eigenvalue weighted by Gasteiger charge is -2.16. The Bertz CT molecular complexity index is 696. The van der Waals surface area contributed by atoms with E-state index in [4.69, 9.17) is 0 Å². The number of amides is 1. The normalized spacial score (nSPS) is 15.9. The molecule has 1 atom stereocenters. The lowest BCUT2D eigenvalue weighted by molar-refractivity contribution is 0.0934. The molecule has 2 N–H and O–H groups in total. The third-order valence-electron chi connectivity index (χ3n) is 4.42.